The molecule has 0 unspecified atom stereocenters. The van der Waals surface area contributed by atoms with E-state index in [9.17, 15) is 0 Å². The van der Waals surface area contributed by atoms with Gasteiger partial charge in [0.25, 0.3) is 0 Å². The minimum Gasteiger partial charge on any atom is -0.382 e. The van der Waals surface area contributed by atoms with Crippen LogP contribution in [-0.4, -0.2) is 38.5 Å². The fourth-order valence-electron chi connectivity index (χ4n) is 1.03. The molecular weight excluding hydrogens is 180 g/mol. The Bertz CT molecular complexity index is 169. The maximum absolute atomic E-state index is 5.05. The second kappa shape index (κ2) is 5.41. The van der Waals surface area contributed by atoms with E-state index >= 15 is 0 Å². The van der Waals surface area contributed by atoms with E-state index in [1.807, 2.05) is 27.7 Å². The molecule has 0 spiro atoms. The van der Waals surface area contributed by atoms with E-state index in [0.29, 0.717) is 13.2 Å². The zero-order chi connectivity index (χ0) is 11.2. The summed E-state index contributed by atoms with van der Waals surface area (Å²) in [6.45, 7) is 9.09. The number of ether oxygens (including phenoxy) is 2. The summed E-state index contributed by atoms with van der Waals surface area (Å²) in [7, 11) is 3.33. The lowest BCUT2D eigenvalue weighted by atomic mass is 10.1. The molecule has 0 amide bonds. The van der Waals surface area contributed by atoms with Gasteiger partial charge in [0, 0.05) is 14.2 Å². The van der Waals surface area contributed by atoms with Crippen LogP contribution in [0.15, 0.2) is 10.2 Å². The monoisotopic (exact) mass is 202 g/mol. The first-order valence-corrected chi connectivity index (χ1v) is 4.75. The third kappa shape index (κ3) is 6.05. The molecule has 0 saturated carbocycles. The van der Waals surface area contributed by atoms with Gasteiger partial charge in [0.1, 0.15) is 0 Å². The van der Waals surface area contributed by atoms with E-state index < -0.39 is 0 Å². The molecule has 0 aliphatic carbocycles. The quantitative estimate of drug-likeness (QED) is 0.620. The van der Waals surface area contributed by atoms with Crippen molar-refractivity contribution < 1.29 is 9.47 Å². The second-order valence-corrected chi connectivity index (χ2v) is 4.69. The highest BCUT2D eigenvalue weighted by molar-refractivity contribution is 4.80. The molecule has 0 atom stereocenters. The molecule has 0 aromatic rings. The topological polar surface area (TPSA) is 43.2 Å². The van der Waals surface area contributed by atoms with Crippen molar-refractivity contribution in [3.63, 3.8) is 0 Å². The lowest BCUT2D eigenvalue weighted by Gasteiger charge is -2.21. The van der Waals surface area contributed by atoms with Crippen LogP contribution in [0.25, 0.3) is 0 Å². The third-order valence-corrected chi connectivity index (χ3v) is 1.59. The summed E-state index contributed by atoms with van der Waals surface area (Å²) >= 11 is 0. The van der Waals surface area contributed by atoms with E-state index in [1.165, 1.54) is 0 Å². The van der Waals surface area contributed by atoms with E-state index in [4.69, 9.17) is 9.47 Å². The van der Waals surface area contributed by atoms with Crippen molar-refractivity contribution in [2.24, 2.45) is 10.2 Å². The van der Waals surface area contributed by atoms with E-state index in [0.717, 1.165) is 0 Å². The molecule has 0 aromatic carbocycles. The van der Waals surface area contributed by atoms with Crippen LogP contribution in [-0.2, 0) is 9.47 Å². The first-order valence-electron chi connectivity index (χ1n) is 4.75. The molecule has 0 aliphatic heterocycles. The largest absolute Gasteiger partial charge is 0.382 e. The average Bonchev–Trinajstić information content (AvgIpc) is 2.01. The molecule has 0 heterocycles. The highest BCUT2D eigenvalue weighted by atomic mass is 16.5. The zero-order valence-electron chi connectivity index (χ0n) is 10.1. The molecule has 4 nitrogen and oxygen atoms in total. The molecule has 0 aliphatic rings. The van der Waals surface area contributed by atoms with Gasteiger partial charge in [0.2, 0.25) is 0 Å². The van der Waals surface area contributed by atoms with E-state index in [2.05, 4.69) is 10.2 Å². The van der Waals surface area contributed by atoms with Gasteiger partial charge in [-0.2, -0.15) is 10.2 Å². The summed E-state index contributed by atoms with van der Waals surface area (Å²) < 4.78 is 10.1. The van der Waals surface area contributed by atoms with Crippen molar-refractivity contribution >= 4 is 0 Å². The summed E-state index contributed by atoms with van der Waals surface area (Å²) in [6.07, 6.45) is 0. The first kappa shape index (κ1) is 13.5. The van der Waals surface area contributed by atoms with Crippen LogP contribution in [0.2, 0.25) is 0 Å². The van der Waals surface area contributed by atoms with Gasteiger partial charge < -0.3 is 9.47 Å². The van der Waals surface area contributed by atoms with Crippen molar-refractivity contribution in [3.8, 4) is 0 Å². The predicted molar refractivity (Wildman–Crippen MR) is 56.8 cm³/mol. The number of rotatable bonds is 6. The van der Waals surface area contributed by atoms with Crippen LogP contribution in [0.4, 0.5) is 0 Å². The van der Waals surface area contributed by atoms with Crippen molar-refractivity contribution in [1.82, 2.24) is 0 Å². The van der Waals surface area contributed by atoms with Crippen LogP contribution < -0.4 is 0 Å². The Morgan fingerprint density at radius 3 is 1.29 bits per heavy atom. The molecule has 84 valence electrons. The number of azo groups is 1. The van der Waals surface area contributed by atoms with Gasteiger partial charge in [-0.05, 0) is 27.7 Å². The summed E-state index contributed by atoms with van der Waals surface area (Å²) in [5, 5.41) is 8.51. The Morgan fingerprint density at radius 1 is 0.786 bits per heavy atom. The molecular formula is C10H22N2O2. The lowest BCUT2D eigenvalue weighted by Crippen LogP contribution is -2.27. The Labute approximate surface area is 86.7 Å². The second-order valence-electron chi connectivity index (χ2n) is 4.69. The van der Waals surface area contributed by atoms with Crippen LogP contribution in [0.1, 0.15) is 27.7 Å². The van der Waals surface area contributed by atoms with Crippen molar-refractivity contribution in [2.45, 2.75) is 38.8 Å². The zero-order valence-corrected chi connectivity index (χ0v) is 10.1. The molecule has 14 heavy (non-hydrogen) atoms. The van der Waals surface area contributed by atoms with Gasteiger partial charge in [0.15, 0.2) is 0 Å². The normalized spacial score (nSPS) is 13.9. The third-order valence-electron chi connectivity index (χ3n) is 1.59. The Hall–Kier alpha value is -0.480. The summed E-state index contributed by atoms with van der Waals surface area (Å²) in [4.78, 5) is 0. The predicted octanol–water partition coefficient (Wildman–Crippen LogP) is 2.29. The van der Waals surface area contributed by atoms with Crippen molar-refractivity contribution in [2.75, 3.05) is 27.4 Å². The summed E-state index contributed by atoms with van der Waals surface area (Å²) in [6, 6.07) is 0. The number of nitrogens with zero attached hydrogens (tertiary/aromatic N) is 2. The minimum atomic E-state index is -0.264. The van der Waals surface area contributed by atoms with E-state index in [-0.39, 0.29) is 11.1 Å². The number of methoxy groups -OCH3 is 2. The SMILES string of the molecule is COCC(C)(C)N=NC(C)(C)COC. The smallest absolute Gasteiger partial charge is 0.0992 e. The van der Waals surface area contributed by atoms with Gasteiger partial charge >= 0.3 is 0 Å². The van der Waals surface area contributed by atoms with Crippen LogP contribution >= 0.6 is 0 Å². The molecule has 0 fully saturated rings. The maximum Gasteiger partial charge on any atom is 0.0992 e. The van der Waals surface area contributed by atoms with Gasteiger partial charge in [-0.15, -0.1) is 0 Å². The molecule has 4 heteroatoms. The number of hydrogen-bond acceptors (Lipinski definition) is 4. The Balaban J connectivity index is 4.26. The fraction of sp³-hybridized carbons (Fsp3) is 1.00. The molecule has 0 N–H and O–H groups in total. The number of hydrogen-bond donors (Lipinski definition) is 0. The summed E-state index contributed by atoms with van der Waals surface area (Å²) in [5.41, 5.74) is -0.528. The minimum absolute atomic E-state index is 0.264. The fourth-order valence-corrected chi connectivity index (χ4v) is 1.03. The van der Waals surface area contributed by atoms with Crippen molar-refractivity contribution in [1.29, 1.82) is 0 Å². The van der Waals surface area contributed by atoms with Gasteiger partial charge in [0.05, 0.1) is 24.3 Å². The van der Waals surface area contributed by atoms with E-state index in [1.54, 1.807) is 14.2 Å². The maximum atomic E-state index is 5.05. The molecule has 0 aromatic heterocycles. The molecule has 0 rings (SSSR count). The summed E-state index contributed by atoms with van der Waals surface area (Å²) in [5.74, 6) is 0. The van der Waals surface area contributed by atoms with Crippen LogP contribution in [0.3, 0.4) is 0 Å². The van der Waals surface area contributed by atoms with Gasteiger partial charge in [-0.3, -0.25) is 0 Å². The van der Waals surface area contributed by atoms with Crippen molar-refractivity contribution in [3.05, 3.63) is 0 Å². The highest BCUT2D eigenvalue weighted by Gasteiger charge is 2.21. The average molecular weight is 202 g/mol. The van der Waals surface area contributed by atoms with Crippen LogP contribution in [0.5, 0.6) is 0 Å². The molecule has 0 bridgehead atoms. The lowest BCUT2D eigenvalue weighted by molar-refractivity contribution is 0.130. The molecule has 0 saturated heterocycles. The highest BCUT2D eigenvalue weighted by Crippen LogP contribution is 2.16. The van der Waals surface area contributed by atoms with Crippen LogP contribution in [0, 0.1) is 0 Å². The Kier molecular flexibility index (Phi) is 5.23. The van der Waals surface area contributed by atoms with Gasteiger partial charge in [-0.1, -0.05) is 0 Å². The first-order chi connectivity index (χ1) is 6.33. The molecule has 0 radical (unpaired) electrons. The Morgan fingerprint density at radius 2 is 1.07 bits per heavy atom. The van der Waals surface area contributed by atoms with Gasteiger partial charge in [-0.25, -0.2) is 0 Å². The standard InChI is InChI=1S/C10H22N2O2/c1-9(2,7-13-5)11-12-10(3,4)8-14-6/h7-8H2,1-6H3.